The van der Waals surface area contributed by atoms with Gasteiger partial charge in [0.25, 0.3) is 17.5 Å². The summed E-state index contributed by atoms with van der Waals surface area (Å²) in [6.07, 6.45) is 1.26. The van der Waals surface area contributed by atoms with Crippen LogP contribution < -0.4 is 25.4 Å². The topological polar surface area (TPSA) is 149 Å². The highest BCUT2D eigenvalue weighted by atomic mass is 32.2. The first kappa shape index (κ1) is 32.3. The third-order valence-electron chi connectivity index (χ3n) is 6.42. The summed E-state index contributed by atoms with van der Waals surface area (Å²) >= 11 is 1.31. The van der Waals surface area contributed by atoms with Gasteiger partial charge in [0.15, 0.2) is 0 Å². The normalized spacial score (nSPS) is 11.6. The molecular weight excluding hydrogens is 596 g/mol. The van der Waals surface area contributed by atoms with Crippen molar-refractivity contribution >= 4 is 52.6 Å². The number of methoxy groups -OCH3 is 2. The second-order valence-corrected chi connectivity index (χ2v) is 10.9. The van der Waals surface area contributed by atoms with Crippen molar-refractivity contribution in [3.8, 4) is 11.5 Å². The van der Waals surface area contributed by atoms with Crippen molar-refractivity contribution in [1.82, 2.24) is 5.32 Å². The first-order valence-electron chi connectivity index (χ1n) is 13.6. The molecule has 0 aliphatic heterocycles. The monoisotopic (exact) mass is 626 g/mol. The Morgan fingerprint density at radius 2 is 1.56 bits per heavy atom. The Morgan fingerprint density at radius 1 is 0.867 bits per heavy atom. The summed E-state index contributed by atoms with van der Waals surface area (Å²) in [5.41, 5.74) is 0.937. The van der Waals surface area contributed by atoms with Crippen molar-refractivity contribution in [3.05, 3.63) is 124 Å². The number of hydrogen-bond donors (Lipinski definition) is 3. The number of hydrogen-bond acceptors (Lipinski definition) is 8. The van der Waals surface area contributed by atoms with Gasteiger partial charge in [0.05, 0.1) is 35.6 Å². The average Bonchev–Trinajstić information content (AvgIpc) is 3.05. The third kappa shape index (κ3) is 8.71. The molecular formula is C33H30N4O7S. The van der Waals surface area contributed by atoms with E-state index in [1.54, 1.807) is 85.8 Å². The van der Waals surface area contributed by atoms with Crippen LogP contribution in [0.3, 0.4) is 0 Å². The molecule has 4 rings (SSSR count). The highest BCUT2D eigenvalue weighted by molar-refractivity contribution is 8.00. The second-order valence-electron chi connectivity index (χ2n) is 9.49. The lowest BCUT2D eigenvalue weighted by Gasteiger charge is -2.15. The van der Waals surface area contributed by atoms with Gasteiger partial charge in [-0.2, -0.15) is 0 Å². The van der Waals surface area contributed by atoms with Crippen molar-refractivity contribution in [3.63, 3.8) is 0 Å². The average molecular weight is 627 g/mol. The molecule has 0 radical (unpaired) electrons. The van der Waals surface area contributed by atoms with Crippen molar-refractivity contribution in [1.29, 1.82) is 0 Å². The summed E-state index contributed by atoms with van der Waals surface area (Å²) in [4.78, 5) is 50.9. The van der Waals surface area contributed by atoms with Crippen LogP contribution in [0, 0.1) is 10.1 Å². The van der Waals surface area contributed by atoms with E-state index in [0.717, 1.165) is 4.90 Å². The molecule has 0 aliphatic rings. The molecule has 0 bridgehead atoms. The molecule has 4 aromatic rings. The Hall–Kier alpha value is -5.62. The molecule has 230 valence electrons. The number of nitro groups is 1. The zero-order chi connectivity index (χ0) is 32.3. The van der Waals surface area contributed by atoms with E-state index in [1.165, 1.54) is 50.3 Å². The van der Waals surface area contributed by atoms with Crippen LogP contribution in [0.4, 0.5) is 17.1 Å². The van der Waals surface area contributed by atoms with Gasteiger partial charge in [0.2, 0.25) is 5.91 Å². The Bertz CT molecular complexity index is 1730. The molecule has 3 N–H and O–H groups in total. The van der Waals surface area contributed by atoms with E-state index in [9.17, 15) is 24.5 Å². The zero-order valence-electron chi connectivity index (χ0n) is 24.6. The number of thioether (sulfide) groups is 1. The van der Waals surface area contributed by atoms with E-state index in [2.05, 4.69) is 16.0 Å². The maximum absolute atomic E-state index is 13.3. The fourth-order valence-corrected chi connectivity index (χ4v) is 4.96. The minimum Gasteiger partial charge on any atom is -0.497 e. The van der Waals surface area contributed by atoms with Crippen LogP contribution >= 0.6 is 11.8 Å². The molecule has 3 amide bonds. The molecule has 4 aromatic carbocycles. The van der Waals surface area contributed by atoms with Gasteiger partial charge in [0, 0.05) is 28.3 Å². The Balaban J connectivity index is 1.47. The van der Waals surface area contributed by atoms with E-state index in [1.807, 2.05) is 0 Å². The van der Waals surface area contributed by atoms with E-state index < -0.39 is 22.0 Å². The summed E-state index contributed by atoms with van der Waals surface area (Å²) in [5.74, 6) is -0.415. The van der Waals surface area contributed by atoms with E-state index in [-0.39, 0.29) is 22.9 Å². The van der Waals surface area contributed by atoms with E-state index in [0.29, 0.717) is 28.4 Å². The number of ether oxygens (including phenoxy) is 2. The summed E-state index contributed by atoms with van der Waals surface area (Å²) < 4.78 is 10.6. The highest BCUT2D eigenvalue weighted by Crippen LogP contribution is 2.31. The van der Waals surface area contributed by atoms with Crippen LogP contribution in [0.5, 0.6) is 11.5 Å². The van der Waals surface area contributed by atoms with Gasteiger partial charge in [-0.1, -0.05) is 30.3 Å². The molecule has 0 aliphatic carbocycles. The fraction of sp³-hybridized carbons (Fsp3) is 0.121. The van der Waals surface area contributed by atoms with Gasteiger partial charge < -0.3 is 25.4 Å². The molecule has 11 nitrogen and oxygen atoms in total. The molecule has 0 heterocycles. The Labute approximate surface area is 263 Å². The van der Waals surface area contributed by atoms with Crippen molar-refractivity contribution in [2.45, 2.75) is 17.1 Å². The molecule has 0 aromatic heterocycles. The maximum atomic E-state index is 13.3. The number of anilines is 2. The lowest BCUT2D eigenvalue weighted by molar-refractivity contribution is -0.385. The first-order chi connectivity index (χ1) is 21.7. The number of nitrogens with zero attached hydrogens (tertiary/aromatic N) is 1. The summed E-state index contributed by atoms with van der Waals surface area (Å²) in [6.45, 7) is 1.76. The lowest BCUT2D eigenvalue weighted by atomic mass is 10.1. The molecule has 45 heavy (non-hydrogen) atoms. The molecule has 0 fully saturated rings. The summed E-state index contributed by atoms with van der Waals surface area (Å²) in [5, 5.41) is 19.2. The van der Waals surface area contributed by atoms with Crippen LogP contribution in [-0.2, 0) is 9.59 Å². The minimum atomic E-state index is -0.683. The number of nitrogens with one attached hydrogen (secondary N) is 3. The van der Waals surface area contributed by atoms with Gasteiger partial charge in [-0.3, -0.25) is 24.5 Å². The maximum Gasteiger partial charge on any atom is 0.276 e. The smallest absolute Gasteiger partial charge is 0.276 e. The van der Waals surface area contributed by atoms with Crippen molar-refractivity contribution in [2.24, 2.45) is 0 Å². The van der Waals surface area contributed by atoms with E-state index >= 15 is 0 Å². The standard InChI is InChI=1S/C33H30N4O7S/c1-21(31(38)35-27-20-25(43-2)15-18-30(27)44-3)45-26-16-13-24(14-17-26)34-33(40)28(36-32(39)22-9-5-4-6-10-22)19-23-11-7-8-12-29(23)37(41)42/h4-21H,1-3H3,(H,34,40)(H,35,38)(H,36,39)/b28-19-. The highest BCUT2D eigenvalue weighted by Gasteiger charge is 2.20. The van der Waals surface area contributed by atoms with Gasteiger partial charge in [0.1, 0.15) is 17.2 Å². The van der Waals surface area contributed by atoms with Crippen LogP contribution in [-0.4, -0.2) is 42.1 Å². The van der Waals surface area contributed by atoms with Crippen molar-refractivity contribution in [2.75, 3.05) is 24.9 Å². The zero-order valence-corrected chi connectivity index (χ0v) is 25.4. The van der Waals surface area contributed by atoms with Gasteiger partial charge >= 0.3 is 0 Å². The van der Waals surface area contributed by atoms with Crippen LogP contribution in [0.1, 0.15) is 22.8 Å². The molecule has 0 spiro atoms. The SMILES string of the molecule is COc1ccc(OC)c(NC(=O)C(C)Sc2ccc(NC(=O)/C(=C/c3ccccc3[N+](=O)[O-])NC(=O)c3ccccc3)cc2)c1. The second kappa shape index (κ2) is 15.2. The number of amides is 3. The predicted molar refractivity (Wildman–Crippen MR) is 174 cm³/mol. The number of carbonyl (C=O) groups excluding carboxylic acids is 3. The lowest BCUT2D eigenvalue weighted by Crippen LogP contribution is -2.30. The number of rotatable bonds is 12. The van der Waals surface area contributed by atoms with Crippen LogP contribution in [0.2, 0.25) is 0 Å². The Kier molecular flexibility index (Phi) is 10.9. The largest absolute Gasteiger partial charge is 0.497 e. The number of carbonyl (C=O) groups is 3. The number of nitro benzene ring substituents is 1. The van der Waals surface area contributed by atoms with Gasteiger partial charge in [-0.05, 0) is 67.6 Å². The molecule has 1 unspecified atom stereocenters. The minimum absolute atomic E-state index is 0.145. The Morgan fingerprint density at radius 3 is 2.22 bits per heavy atom. The van der Waals surface area contributed by atoms with Crippen LogP contribution in [0.15, 0.2) is 108 Å². The quantitative estimate of drug-likeness (QED) is 0.0735. The molecule has 1 atom stereocenters. The molecule has 0 saturated carbocycles. The van der Waals surface area contributed by atoms with Crippen molar-refractivity contribution < 1.29 is 28.8 Å². The number of para-hydroxylation sites is 1. The summed E-state index contributed by atoms with van der Waals surface area (Å²) in [6, 6.07) is 26.1. The fourth-order valence-electron chi connectivity index (χ4n) is 4.09. The predicted octanol–water partition coefficient (Wildman–Crippen LogP) is 6.14. The van der Waals surface area contributed by atoms with Gasteiger partial charge in [-0.15, -0.1) is 11.8 Å². The third-order valence-corrected chi connectivity index (χ3v) is 7.53. The number of benzene rings is 4. The summed E-state index contributed by atoms with van der Waals surface area (Å²) in [7, 11) is 3.04. The first-order valence-corrected chi connectivity index (χ1v) is 14.5. The van der Waals surface area contributed by atoms with E-state index in [4.69, 9.17) is 9.47 Å². The molecule has 12 heteroatoms. The van der Waals surface area contributed by atoms with Gasteiger partial charge in [-0.25, -0.2) is 0 Å². The van der Waals surface area contributed by atoms with Crippen LogP contribution in [0.25, 0.3) is 6.08 Å². The molecule has 0 saturated heterocycles.